The molecule has 1 aromatic carbocycles. The van der Waals surface area contributed by atoms with Crippen LogP contribution in [0.2, 0.25) is 0 Å². The lowest BCUT2D eigenvalue weighted by molar-refractivity contribution is 0.244. The predicted molar refractivity (Wildman–Crippen MR) is 74.3 cm³/mol. The molecule has 4 heteroatoms. The average molecular weight is 349 g/mol. The number of halogens is 2. The molecule has 0 spiro atoms. The van der Waals surface area contributed by atoms with Gasteiger partial charge in [0.2, 0.25) is 0 Å². The molecule has 0 bridgehead atoms. The first kappa shape index (κ1) is 13.7. The van der Waals surface area contributed by atoms with E-state index in [0.717, 1.165) is 35.1 Å². The molecule has 0 fully saturated rings. The van der Waals surface area contributed by atoms with Crippen LogP contribution in [-0.4, -0.2) is 13.2 Å². The van der Waals surface area contributed by atoms with Crippen molar-refractivity contribution in [3.05, 3.63) is 45.5 Å². The van der Waals surface area contributed by atoms with Gasteiger partial charge < -0.3 is 10.1 Å². The Balaban J connectivity index is 2.21. The Morgan fingerprint density at radius 2 is 2.12 bits per heavy atom. The highest BCUT2D eigenvalue weighted by molar-refractivity contribution is 9.13. The van der Waals surface area contributed by atoms with E-state index in [9.17, 15) is 0 Å². The summed E-state index contributed by atoms with van der Waals surface area (Å²) in [5.41, 5.74) is 1.26. The fraction of sp³-hybridized carbons (Fsp3) is 0.333. The predicted octanol–water partition coefficient (Wildman–Crippen LogP) is 3.85. The molecule has 0 amide bonds. The topological polar surface area (TPSA) is 21.3 Å². The summed E-state index contributed by atoms with van der Waals surface area (Å²) in [4.78, 5) is 0. The lowest BCUT2D eigenvalue weighted by Crippen LogP contribution is -2.15. The van der Waals surface area contributed by atoms with E-state index in [-0.39, 0.29) is 0 Å². The van der Waals surface area contributed by atoms with Crippen LogP contribution in [0.25, 0.3) is 0 Å². The molecular weight excluding hydrogens is 334 g/mol. The van der Waals surface area contributed by atoms with E-state index in [1.165, 1.54) is 11.8 Å². The van der Waals surface area contributed by atoms with E-state index >= 15 is 0 Å². The largest absolute Gasteiger partial charge is 0.502 e. The van der Waals surface area contributed by atoms with Crippen molar-refractivity contribution in [3.63, 3.8) is 0 Å². The van der Waals surface area contributed by atoms with Crippen molar-refractivity contribution in [2.24, 2.45) is 0 Å². The van der Waals surface area contributed by atoms with Gasteiger partial charge in [-0.2, -0.15) is 0 Å². The second kappa shape index (κ2) is 7.87. The zero-order chi connectivity index (χ0) is 11.8. The summed E-state index contributed by atoms with van der Waals surface area (Å²) in [6, 6.07) is 6.25. The highest BCUT2D eigenvalue weighted by atomic mass is 79.9. The average Bonchev–Trinajstić information content (AvgIpc) is 2.28. The van der Waals surface area contributed by atoms with E-state index in [1.807, 2.05) is 6.07 Å². The zero-order valence-electron chi connectivity index (χ0n) is 9.01. The Bertz CT molecular complexity index is 342. The van der Waals surface area contributed by atoms with Gasteiger partial charge in [-0.3, -0.25) is 0 Å². The molecule has 2 nitrogen and oxygen atoms in total. The molecule has 1 N–H and O–H groups in total. The van der Waals surface area contributed by atoms with Gasteiger partial charge in [0, 0.05) is 15.5 Å². The molecule has 0 aliphatic rings. The maximum Gasteiger partial charge on any atom is 0.0885 e. The molecule has 0 radical (unpaired) electrons. The monoisotopic (exact) mass is 347 g/mol. The van der Waals surface area contributed by atoms with E-state index < -0.39 is 0 Å². The zero-order valence-corrected chi connectivity index (χ0v) is 12.2. The molecule has 0 unspecified atom stereocenters. The summed E-state index contributed by atoms with van der Waals surface area (Å²) < 4.78 is 7.20. The van der Waals surface area contributed by atoms with Crippen molar-refractivity contribution in [1.82, 2.24) is 5.32 Å². The molecule has 0 saturated heterocycles. The smallest absolute Gasteiger partial charge is 0.0885 e. The Hall–Kier alpha value is -0.320. The van der Waals surface area contributed by atoms with Gasteiger partial charge in [0.25, 0.3) is 0 Å². The van der Waals surface area contributed by atoms with Gasteiger partial charge in [0.05, 0.1) is 12.9 Å². The Kier molecular flexibility index (Phi) is 6.76. The van der Waals surface area contributed by atoms with Gasteiger partial charge >= 0.3 is 0 Å². The second-order valence-corrected chi connectivity index (χ2v) is 5.02. The first-order valence-electron chi connectivity index (χ1n) is 5.11. The summed E-state index contributed by atoms with van der Waals surface area (Å²) in [6.45, 7) is 6.04. The molecule has 1 aromatic rings. The first-order valence-corrected chi connectivity index (χ1v) is 6.70. The molecule has 1 rings (SSSR count). The van der Waals surface area contributed by atoms with E-state index in [0.29, 0.717) is 0 Å². The molecule has 0 atom stereocenters. The summed E-state index contributed by atoms with van der Waals surface area (Å²) >= 11 is 6.93. The summed E-state index contributed by atoms with van der Waals surface area (Å²) in [6.07, 6.45) is 2.47. The van der Waals surface area contributed by atoms with Crippen LogP contribution in [0.1, 0.15) is 12.0 Å². The Labute approximate surface area is 113 Å². The van der Waals surface area contributed by atoms with Crippen molar-refractivity contribution >= 4 is 31.9 Å². The van der Waals surface area contributed by atoms with E-state index in [4.69, 9.17) is 4.74 Å². The van der Waals surface area contributed by atoms with Crippen LogP contribution >= 0.6 is 31.9 Å². The second-order valence-electron chi connectivity index (χ2n) is 3.32. The molecule has 0 aliphatic carbocycles. The number of hydrogen-bond acceptors (Lipinski definition) is 2. The number of rotatable bonds is 7. The highest BCUT2D eigenvalue weighted by Gasteiger charge is 1.98. The fourth-order valence-corrected chi connectivity index (χ4v) is 1.92. The van der Waals surface area contributed by atoms with Crippen molar-refractivity contribution in [2.45, 2.75) is 13.0 Å². The third-order valence-electron chi connectivity index (χ3n) is 2.05. The van der Waals surface area contributed by atoms with Crippen molar-refractivity contribution in [1.29, 1.82) is 0 Å². The Morgan fingerprint density at radius 3 is 2.81 bits per heavy atom. The van der Waals surface area contributed by atoms with Crippen LogP contribution in [0, 0.1) is 0 Å². The van der Waals surface area contributed by atoms with Crippen molar-refractivity contribution in [3.8, 4) is 0 Å². The number of benzene rings is 1. The SMILES string of the molecule is C=COCCCNCc1ccc(Br)c(Br)c1. The van der Waals surface area contributed by atoms with Gasteiger partial charge in [-0.05, 0) is 62.5 Å². The van der Waals surface area contributed by atoms with Gasteiger partial charge in [0.15, 0.2) is 0 Å². The molecule has 0 heterocycles. The highest BCUT2D eigenvalue weighted by Crippen LogP contribution is 2.23. The summed E-state index contributed by atoms with van der Waals surface area (Å²) in [5, 5.41) is 3.36. The first-order chi connectivity index (χ1) is 7.74. The minimum absolute atomic E-state index is 0.723. The Morgan fingerprint density at radius 1 is 1.31 bits per heavy atom. The third kappa shape index (κ3) is 5.14. The van der Waals surface area contributed by atoms with Gasteiger partial charge in [-0.25, -0.2) is 0 Å². The minimum Gasteiger partial charge on any atom is -0.502 e. The molecular formula is C12H15Br2NO. The van der Waals surface area contributed by atoms with Crippen LogP contribution in [0.4, 0.5) is 0 Å². The molecule has 16 heavy (non-hydrogen) atoms. The summed E-state index contributed by atoms with van der Waals surface area (Å²) in [5.74, 6) is 0. The van der Waals surface area contributed by atoms with Crippen LogP contribution in [0.15, 0.2) is 40.0 Å². The lowest BCUT2D eigenvalue weighted by atomic mass is 10.2. The minimum atomic E-state index is 0.723. The number of ether oxygens (including phenoxy) is 1. The lowest BCUT2D eigenvalue weighted by Gasteiger charge is -2.06. The van der Waals surface area contributed by atoms with Crippen LogP contribution < -0.4 is 5.32 Å². The molecule has 0 saturated carbocycles. The van der Waals surface area contributed by atoms with Crippen molar-refractivity contribution < 1.29 is 4.74 Å². The van der Waals surface area contributed by atoms with Crippen molar-refractivity contribution in [2.75, 3.05) is 13.2 Å². The van der Waals surface area contributed by atoms with E-state index in [2.05, 4.69) is 55.9 Å². The van der Waals surface area contributed by atoms with Crippen LogP contribution in [-0.2, 0) is 11.3 Å². The van der Waals surface area contributed by atoms with Gasteiger partial charge in [-0.1, -0.05) is 12.6 Å². The number of nitrogens with one attached hydrogen (secondary N) is 1. The van der Waals surface area contributed by atoms with E-state index in [1.54, 1.807) is 0 Å². The molecule has 0 aliphatic heterocycles. The standard InChI is InChI=1S/C12H15Br2NO/c1-2-16-7-3-6-15-9-10-4-5-11(13)12(14)8-10/h2,4-5,8,15H,1,3,6-7,9H2. The number of hydrogen-bond donors (Lipinski definition) is 1. The fourth-order valence-electron chi connectivity index (χ4n) is 1.25. The quantitative estimate of drug-likeness (QED) is 0.597. The normalized spacial score (nSPS) is 10.1. The maximum atomic E-state index is 5.03. The molecule has 0 aromatic heterocycles. The van der Waals surface area contributed by atoms with Crippen LogP contribution in [0.3, 0.4) is 0 Å². The summed E-state index contributed by atoms with van der Waals surface area (Å²) in [7, 11) is 0. The molecule has 88 valence electrons. The van der Waals surface area contributed by atoms with Gasteiger partial charge in [-0.15, -0.1) is 0 Å². The maximum absolute atomic E-state index is 5.03. The van der Waals surface area contributed by atoms with Gasteiger partial charge in [0.1, 0.15) is 0 Å². The van der Waals surface area contributed by atoms with Crippen LogP contribution in [0.5, 0.6) is 0 Å². The third-order valence-corrected chi connectivity index (χ3v) is 3.93.